The number of esters is 1. The lowest BCUT2D eigenvalue weighted by Crippen LogP contribution is -2.46. The smallest absolute Gasteiger partial charge is 0.312 e. The van der Waals surface area contributed by atoms with E-state index in [1.807, 2.05) is 19.1 Å². The summed E-state index contributed by atoms with van der Waals surface area (Å²) < 4.78 is 25.5. The molecule has 6 rings (SSSR count). The molecule has 2 aromatic carbocycles. The second-order valence-corrected chi connectivity index (χ2v) is 15.6. The minimum Gasteiger partial charge on any atom is -0.507 e. The number of aromatic nitrogens is 2. The minimum atomic E-state index is -1.96. The average molecular weight is 786 g/mol. The zero-order valence-electron chi connectivity index (χ0n) is 33.8. The lowest BCUT2D eigenvalue weighted by Gasteiger charge is -2.38. The van der Waals surface area contributed by atoms with Gasteiger partial charge >= 0.3 is 11.8 Å². The van der Waals surface area contributed by atoms with Gasteiger partial charge in [-0.3, -0.25) is 18.8 Å². The van der Waals surface area contributed by atoms with E-state index in [0.29, 0.717) is 5.65 Å². The van der Waals surface area contributed by atoms with Gasteiger partial charge in [-0.25, -0.2) is 4.98 Å². The van der Waals surface area contributed by atoms with Crippen LogP contribution in [0.5, 0.6) is 17.2 Å². The molecule has 9 atom stereocenters. The molecule has 304 valence electrons. The molecule has 0 aliphatic carbocycles. The molecule has 1 amide bonds. The molecule has 2 aliphatic heterocycles. The number of ketones is 1. The van der Waals surface area contributed by atoms with Crippen LogP contribution >= 0.6 is 0 Å². The summed E-state index contributed by atoms with van der Waals surface area (Å²) in [7, 11) is 1.46. The van der Waals surface area contributed by atoms with Crippen LogP contribution in [-0.4, -0.2) is 84.8 Å². The third kappa shape index (κ3) is 7.10. The number of aliphatic hydroxyl groups excluding tert-OH is 2. The number of nitrogens with zero attached hydrogens (tertiary/aromatic N) is 2. The van der Waals surface area contributed by atoms with Gasteiger partial charge in [0.2, 0.25) is 0 Å². The number of ether oxygens (including phenoxy) is 4. The third-order valence-electron chi connectivity index (χ3n) is 11.5. The Morgan fingerprint density at radius 3 is 2.35 bits per heavy atom. The van der Waals surface area contributed by atoms with E-state index >= 15 is 0 Å². The molecule has 57 heavy (non-hydrogen) atoms. The Labute approximate surface area is 330 Å². The number of rotatable bonds is 2. The Bertz CT molecular complexity index is 2380. The molecule has 0 unspecified atom stereocenters. The Kier molecular flexibility index (Phi) is 11.2. The molecule has 5 N–H and O–H groups in total. The predicted molar refractivity (Wildman–Crippen MR) is 213 cm³/mol. The number of aliphatic hydroxyl groups is 2. The van der Waals surface area contributed by atoms with Gasteiger partial charge in [0, 0.05) is 67.3 Å². The van der Waals surface area contributed by atoms with Crippen molar-refractivity contribution in [2.24, 2.45) is 23.7 Å². The fourth-order valence-corrected chi connectivity index (χ4v) is 8.03. The van der Waals surface area contributed by atoms with Gasteiger partial charge < -0.3 is 44.7 Å². The standard InChI is InChI=1S/C43H51N3O11/c1-19-14-16-46-28(18-19)44-32-29-30-37(50)25(7)40-31(29)41(52)43(9,57-40)55-17-15-27(54-10)22(4)39(56-26(8)47)24(6)36(49)23(5)35(48)20(2)12-11-13-21(3)42(53)45-33(34(32)46)38(30)51/h11-18,20,22-24,27,35-36,39,48-51H,1-10H3,(H,45,53)/b12-11+,17-15+,21-13-/t20-,22-,23+,24+,27-,35-,36+,39-,43-/m0/s1. The third-order valence-corrected chi connectivity index (χ3v) is 11.5. The van der Waals surface area contributed by atoms with Crippen LogP contribution in [0, 0.1) is 37.5 Å². The van der Waals surface area contributed by atoms with Crippen molar-refractivity contribution in [3.05, 3.63) is 71.2 Å². The number of carbonyl (C=O) groups is 3. The van der Waals surface area contributed by atoms with Gasteiger partial charge in [-0.15, -0.1) is 0 Å². The van der Waals surface area contributed by atoms with Crippen LogP contribution in [0.25, 0.3) is 27.5 Å². The monoisotopic (exact) mass is 785 g/mol. The summed E-state index contributed by atoms with van der Waals surface area (Å²) in [6.07, 6.45) is 5.62. The molecule has 4 bridgehead atoms. The molecule has 14 nitrogen and oxygen atoms in total. The number of hydrogen-bond donors (Lipinski definition) is 5. The molecule has 2 aliphatic rings. The summed E-state index contributed by atoms with van der Waals surface area (Å²) in [5.41, 5.74) is 2.18. The summed E-state index contributed by atoms with van der Waals surface area (Å²) in [6.45, 7) is 14.7. The van der Waals surface area contributed by atoms with E-state index in [0.717, 1.165) is 5.56 Å². The number of benzene rings is 2. The average Bonchev–Trinajstić information content (AvgIpc) is 3.67. The van der Waals surface area contributed by atoms with Crippen LogP contribution < -0.4 is 10.1 Å². The predicted octanol–water partition coefficient (Wildman–Crippen LogP) is 6.16. The molecule has 0 radical (unpaired) electrons. The number of hydrogen-bond acceptors (Lipinski definition) is 12. The number of phenolic OH excluding ortho intramolecular Hbond substituents is 2. The van der Waals surface area contributed by atoms with Gasteiger partial charge in [-0.2, -0.15) is 0 Å². The van der Waals surface area contributed by atoms with Gasteiger partial charge in [0.05, 0.1) is 35.5 Å². The Morgan fingerprint density at radius 1 is 0.982 bits per heavy atom. The van der Waals surface area contributed by atoms with Crippen molar-refractivity contribution >= 4 is 50.8 Å². The largest absolute Gasteiger partial charge is 0.507 e. The molecule has 0 saturated heterocycles. The molecule has 4 heterocycles. The van der Waals surface area contributed by atoms with E-state index in [1.165, 1.54) is 40.2 Å². The molecular formula is C43H51N3O11. The Balaban J connectivity index is 1.58. The highest BCUT2D eigenvalue weighted by atomic mass is 16.7. The second kappa shape index (κ2) is 15.5. The summed E-state index contributed by atoms with van der Waals surface area (Å²) in [6, 6.07) is 3.64. The lowest BCUT2D eigenvalue weighted by molar-refractivity contribution is -0.160. The number of phenols is 2. The Hall–Kier alpha value is -5.44. The summed E-state index contributed by atoms with van der Waals surface area (Å²) >= 11 is 0. The van der Waals surface area contributed by atoms with Crippen molar-refractivity contribution in [2.75, 3.05) is 12.4 Å². The maximum absolute atomic E-state index is 14.6. The van der Waals surface area contributed by atoms with Crippen LogP contribution in [0.2, 0.25) is 0 Å². The number of methoxy groups -OCH3 is 1. The van der Waals surface area contributed by atoms with Gasteiger partial charge in [0.15, 0.2) is 5.75 Å². The molecule has 14 heteroatoms. The number of Topliss-reactive ketones (excluding diaryl/α,β-unsaturated/α-hetero) is 1. The van der Waals surface area contributed by atoms with Crippen molar-refractivity contribution in [1.82, 2.24) is 9.38 Å². The number of aryl methyl sites for hydroxylation is 1. The van der Waals surface area contributed by atoms with Crippen LogP contribution in [0.3, 0.4) is 0 Å². The highest BCUT2D eigenvalue weighted by Gasteiger charge is 2.50. The topological polar surface area (TPSA) is 198 Å². The number of pyridine rings is 1. The number of imidazole rings is 1. The van der Waals surface area contributed by atoms with E-state index in [9.17, 15) is 34.8 Å². The molecule has 0 spiro atoms. The summed E-state index contributed by atoms with van der Waals surface area (Å²) in [5.74, 6) is -6.96. The first-order valence-corrected chi connectivity index (χ1v) is 19.0. The van der Waals surface area contributed by atoms with Gasteiger partial charge in [-0.1, -0.05) is 45.9 Å². The van der Waals surface area contributed by atoms with Gasteiger partial charge in [0.25, 0.3) is 11.7 Å². The van der Waals surface area contributed by atoms with Gasteiger partial charge in [0.1, 0.15) is 40.0 Å². The SMILES string of the molecule is CO[C@H]1/C=C/O[C@@]2(C)Oc3c(C)c(O)c4c(O)c(c5c(nc6cc(C)ccn65)c4c3C2=O)NC(=O)/C(C)=C\C=C\[C@H](C)[C@H](O)[C@@H](C)[C@@H](O)[C@@H](C)[C@@H](OC(C)=O)[C@H]1C. The number of aromatic hydroxyl groups is 2. The van der Waals surface area contributed by atoms with Crippen molar-refractivity contribution in [2.45, 2.75) is 92.5 Å². The quantitative estimate of drug-likeness (QED) is 0.115. The lowest BCUT2D eigenvalue weighted by atomic mass is 9.78. The maximum Gasteiger partial charge on any atom is 0.312 e. The summed E-state index contributed by atoms with van der Waals surface area (Å²) in [5, 5.41) is 49.4. The molecule has 4 aromatic rings. The first-order chi connectivity index (χ1) is 26.8. The zero-order valence-corrected chi connectivity index (χ0v) is 33.8. The first-order valence-electron chi connectivity index (χ1n) is 19.0. The van der Waals surface area contributed by atoms with Crippen LogP contribution in [0.15, 0.2) is 54.5 Å². The van der Waals surface area contributed by atoms with Crippen molar-refractivity contribution in [3.63, 3.8) is 0 Å². The molecule has 2 aromatic heterocycles. The van der Waals surface area contributed by atoms with Crippen LogP contribution in [-0.2, 0) is 23.8 Å². The molecule has 0 saturated carbocycles. The fourth-order valence-electron chi connectivity index (χ4n) is 8.03. The van der Waals surface area contributed by atoms with E-state index in [2.05, 4.69) is 5.32 Å². The molecular weight excluding hydrogens is 734 g/mol. The van der Waals surface area contributed by atoms with Crippen LogP contribution in [0.4, 0.5) is 5.69 Å². The van der Waals surface area contributed by atoms with Crippen molar-refractivity contribution in [3.8, 4) is 17.2 Å². The highest BCUT2D eigenvalue weighted by molar-refractivity contribution is 6.28. The van der Waals surface area contributed by atoms with Crippen molar-refractivity contribution < 1.29 is 53.8 Å². The summed E-state index contributed by atoms with van der Waals surface area (Å²) in [4.78, 5) is 45.6. The zero-order chi connectivity index (χ0) is 41.8. The Morgan fingerprint density at radius 2 is 1.68 bits per heavy atom. The second-order valence-electron chi connectivity index (χ2n) is 15.6. The molecule has 0 fully saturated rings. The number of nitrogens with one attached hydrogen (secondary N) is 1. The number of carbonyl (C=O) groups excluding carboxylic acids is 3. The highest BCUT2D eigenvalue weighted by Crippen LogP contribution is 2.54. The number of fused-ring (bicyclic) bond motifs is 2. The maximum atomic E-state index is 14.6. The number of allylic oxidation sites excluding steroid dienone is 2. The fraction of sp³-hybridized carbons (Fsp3) is 0.442. The van der Waals surface area contributed by atoms with E-state index < -0.39 is 77.3 Å². The van der Waals surface area contributed by atoms with E-state index in [4.69, 9.17) is 23.9 Å². The van der Waals surface area contributed by atoms with E-state index in [-0.39, 0.29) is 55.7 Å². The van der Waals surface area contributed by atoms with Gasteiger partial charge in [-0.05, 0) is 44.5 Å². The minimum absolute atomic E-state index is 0.0185. The normalized spacial score (nSPS) is 30.8. The first kappa shape index (κ1) is 41.2. The number of anilines is 1. The van der Waals surface area contributed by atoms with Crippen molar-refractivity contribution in [1.29, 1.82) is 0 Å². The number of amides is 1. The van der Waals surface area contributed by atoms with E-state index in [1.54, 1.807) is 63.4 Å². The van der Waals surface area contributed by atoms with Crippen LogP contribution in [0.1, 0.15) is 70.0 Å².